The zero-order valence-corrected chi connectivity index (χ0v) is 12.9. The summed E-state index contributed by atoms with van der Waals surface area (Å²) in [7, 11) is 0. The number of rotatable bonds is 0. The molecule has 0 N–H and O–H groups in total. The second-order valence-corrected chi connectivity index (χ2v) is 5.91. The highest BCUT2D eigenvalue weighted by atomic mass is 127. The van der Waals surface area contributed by atoms with Crippen LogP contribution in [-0.2, 0) is 10.8 Å². The summed E-state index contributed by atoms with van der Waals surface area (Å²) in [6, 6.07) is 6.32. The normalized spacial score (nSPS) is 12.1. The van der Waals surface area contributed by atoms with Gasteiger partial charge in [0.05, 0.1) is 0 Å². The number of aromatic nitrogens is 1. The van der Waals surface area contributed by atoms with Crippen molar-refractivity contribution in [1.29, 1.82) is 0 Å². The monoisotopic (exact) mass is 319 g/mol. The Morgan fingerprint density at radius 2 is 1.13 bits per heavy atom. The van der Waals surface area contributed by atoms with Crippen LogP contribution in [0, 0.1) is 0 Å². The van der Waals surface area contributed by atoms with Crippen LogP contribution in [0.1, 0.15) is 52.9 Å². The number of hydrogen-bond acceptors (Lipinski definition) is 1. The predicted octanol–water partition coefficient (Wildman–Crippen LogP) is 4.29. The molecule has 0 aliphatic heterocycles. The summed E-state index contributed by atoms with van der Waals surface area (Å²) in [4.78, 5) is 4.72. The third kappa shape index (κ3) is 4.09. The third-order valence-corrected chi connectivity index (χ3v) is 2.29. The van der Waals surface area contributed by atoms with Gasteiger partial charge in [0.1, 0.15) is 0 Å². The Morgan fingerprint density at radius 1 is 0.800 bits per heavy atom. The minimum atomic E-state index is 0. The lowest BCUT2D eigenvalue weighted by atomic mass is 9.88. The van der Waals surface area contributed by atoms with Gasteiger partial charge < -0.3 is 0 Å². The fraction of sp³-hybridized carbons (Fsp3) is 0.615. The van der Waals surface area contributed by atoms with Gasteiger partial charge in [0.2, 0.25) is 0 Å². The van der Waals surface area contributed by atoms with Crippen LogP contribution < -0.4 is 0 Å². The Kier molecular flexibility index (Phi) is 4.77. The highest BCUT2D eigenvalue weighted by Gasteiger charge is 2.19. The summed E-state index contributed by atoms with van der Waals surface area (Å²) in [6.07, 6.45) is 0. The molecular weight excluding hydrogens is 297 g/mol. The van der Waals surface area contributed by atoms with Crippen LogP contribution in [0.5, 0.6) is 0 Å². The summed E-state index contributed by atoms with van der Waals surface area (Å²) in [5.74, 6) is 0. The molecule has 2 heteroatoms. The van der Waals surface area contributed by atoms with Crippen LogP contribution in [0.15, 0.2) is 18.2 Å². The summed E-state index contributed by atoms with van der Waals surface area (Å²) in [5.41, 5.74) is 2.62. The number of hydrogen-bond donors (Lipinski definition) is 0. The van der Waals surface area contributed by atoms with Gasteiger partial charge in [-0.2, -0.15) is 0 Å². The maximum Gasteiger partial charge on any atom is 0.0460 e. The molecule has 15 heavy (non-hydrogen) atoms. The second-order valence-electron chi connectivity index (χ2n) is 5.91. The van der Waals surface area contributed by atoms with E-state index in [2.05, 4.69) is 59.7 Å². The molecule has 0 aliphatic carbocycles. The van der Waals surface area contributed by atoms with E-state index in [-0.39, 0.29) is 34.8 Å². The molecule has 0 amide bonds. The van der Waals surface area contributed by atoms with Crippen molar-refractivity contribution in [2.24, 2.45) is 0 Å². The van der Waals surface area contributed by atoms with Crippen molar-refractivity contribution in [3.63, 3.8) is 0 Å². The SMILES string of the molecule is CC(C)(C)c1cccc(C(C)(C)C)n1.I. The number of halogens is 1. The molecule has 0 fully saturated rings. The van der Waals surface area contributed by atoms with E-state index in [0.717, 1.165) is 0 Å². The van der Waals surface area contributed by atoms with Gasteiger partial charge in [0.25, 0.3) is 0 Å². The van der Waals surface area contributed by atoms with Crippen LogP contribution in [0.25, 0.3) is 0 Å². The average Bonchev–Trinajstić information content (AvgIpc) is 2.01. The Labute approximate surface area is 111 Å². The van der Waals surface area contributed by atoms with E-state index in [4.69, 9.17) is 4.98 Å². The van der Waals surface area contributed by atoms with Crippen molar-refractivity contribution in [3.05, 3.63) is 29.6 Å². The van der Waals surface area contributed by atoms with Crippen molar-refractivity contribution < 1.29 is 0 Å². The fourth-order valence-corrected chi connectivity index (χ4v) is 1.27. The molecule has 0 saturated heterocycles. The highest BCUT2D eigenvalue weighted by molar-refractivity contribution is 14.0. The third-order valence-electron chi connectivity index (χ3n) is 2.29. The first-order valence-electron chi connectivity index (χ1n) is 5.19. The number of nitrogens with zero attached hydrogens (tertiary/aromatic N) is 1. The van der Waals surface area contributed by atoms with Gasteiger partial charge in [-0.15, -0.1) is 24.0 Å². The zero-order chi connectivity index (χ0) is 11.0. The minimum Gasteiger partial charge on any atom is -0.257 e. The van der Waals surface area contributed by atoms with Crippen LogP contribution in [0.4, 0.5) is 0 Å². The van der Waals surface area contributed by atoms with Gasteiger partial charge in [-0.1, -0.05) is 47.6 Å². The number of pyridine rings is 1. The molecule has 1 heterocycles. The van der Waals surface area contributed by atoms with E-state index >= 15 is 0 Å². The molecule has 0 bridgehead atoms. The van der Waals surface area contributed by atoms with E-state index in [1.54, 1.807) is 0 Å². The van der Waals surface area contributed by atoms with E-state index in [1.807, 2.05) is 0 Å². The van der Waals surface area contributed by atoms with Crippen LogP contribution in [0.2, 0.25) is 0 Å². The molecule has 1 aromatic rings. The molecule has 1 aromatic heterocycles. The van der Waals surface area contributed by atoms with Gasteiger partial charge in [-0.05, 0) is 12.1 Å². The van der Waals surface area contributed by atoms with Crippen LogP contribution in [0.3, 0.4) is 0 Å². The van der Waals surface area contributed by atoms with Crippen molar-refractivity contribution in [1.82, 2.24) is 4.98 Å². The van der Waals surface area contributed by atoms with Crippen molar-refractivity contribution in [2.45, 2.75) is 52.4 Å². The maximum absolute atomic E-state index is 4.72. The summed E-state index contributed by atoms with van der Waals surface area (Å²) >= 11 is 0. The standard InChI is InChI=1S/C13H21N.HI/c1-12(2,3)10-8-7-9-11(14-10)13(4,5)6;/h7-9H,1-6H3;1H. The molecule has 0 atom stereocenters. The summed E-state index contributed by atoms with van der Waals surface area (Å²) < 4.78 is 0. The van der Waals surface area contributed by atoms with Gasteiger partial charge in [-0.3, -0.25) is 4.98 Å². The molecule has 1 rings (SSSR count). The lowest BCUT2D eigenvalue weighted by Gasteiger charge is -2.23. The molecule has 0 unspecified atom stereocenters. The molecule has 0 spiro atoms. The van der Waals surface area contributed by atoms with Gasteiger partial charge >= 0.3 is 0 Å². The first-order chi connectivity index (χ1) is 6.21. The second kappa shape index (κ2) is 4.81. The molecule has 0 aliphatic rings. The molecule has 0 aromatic carbocycles. The first-order valence-corrected chi connectivity index (χ1v) is 5.19. The molecule has 0 radical (unpaired) electrons. The Balaban J connectivity index is 0.00000196. The lowest BCUT2D eigenvalue weighted by molar-refractivity contribution is 0.531. The summed E-state index contributed by atoms with van der Waals surface area (Å²) in [5, 5.41) is 0. The quantitative estimate of drug-likeness (QED) is 0.650. The Bertz CT molecular complexity index is 289. The smallest absolute Gasteiger partial charge is 0.0460 e. The maximum atomic E-state index is 4.72. The Hall–Kier alpha value is -0.120. The van der Waals surface area contributed by atoms with Gasteiger partial charge in [0.15, 0.2) is 0 Å². The molecule has 86 valence electrons. The van der Waals surface area contributed by atoms with Crippen molar-refractivity contribution in [2.75, 3.05) is 0 Å². The van der Waals surface area contributed by atoms with Crippen LogP contribution in [-0.4, -0.2) is 4.98 Å². The largest absolute Gasteiger partial charge is 0.257 e. The Morgan fingerprint density at radius 3 is 1.40 bits per heavy atom. The van der Waals surface area contributed by atoms with Gasteiger partial charge in [-0.25, -0.2) is 0 Å². The topological polar surface area (TPSA) is 12.9 Å². The first kappa shape index (κ1) is 14.9. The predicted molar refractivity (Wildman–Crippen MR) is 77.1 cm³/mol. The van der Waals surface area contributed by atoms with E-state index in [9.17, 15) is 0 Å². The van der Waals surface area contributed by atoms with Gasteiger partial charge in [0, 0.05) is 22.2 Å². The van der Waals surface area contributed by atoms with E-state index in [1.165, 1.54) is 11.4 Å². The van der Waals surface area contributed by atoms with Crippen molar-refractivity contribution in [3.8, 4) is 0 Å². The minimum absolute atomic E-state index is 0. The fourth-order valence-electron chi connectivity index (χ4n) is 1.27. The van der Waals surface area contributed by atoms with E-state index in [0.29, 0.717) is 0 Å². The molecular formula is C13H22IN. The van der Waals surface area contributed by atoms with E-state index < -0.39 is 0 Å². The zero-order valence-electron chi connectivity index (χ0n) is 10.6. The molecule has 0 saturated carbocycles. The lowest BCUT2D eigenvalue weighted by Crippen LogP contribution is -2.19. The average molecular weight is 319 g/mol. The highest BCUT2D eigenvalue weighted by Crippen LogP contribution is 2.24. The van der Waals surface area contributed by atoms with Crippen LogP contribution >= 0.6 is 24.0 Å². The molecule has 1 nitrogen and oxygen atoms in total. The van der Waals surface area contributed by atoms with Crippen molar-refractivity contribution >= 4 is 24.0 Å². The summed E-state index contributed by atoms with van der Waals surface area (Å²) in [6.45, 7) is 13.2.